The number of carbonyl (C=O) groups is 3. The zero-order chi connectivity index (χ0) is 90.7. The van der Waals surface area contributed by atoms with Crippen molar-refractivity contribution < 1.29 is 71.6 Å². The SMILES string of the molecule is C=CC(=O)N[C@H]1CCOC[C@H]1Nc1ncc2cc(-c3c(Cl)c(OC)cc(OC)c3Cl)nc(N3CC(C)OC(C)C3)c2n1.C=CC(=O)N[C@H]1CCOC[C@H]1Nc1ncc2cc(-c3c(Cl)c(OC)cc(OC)c3Cl)nc(N3CCC(C)(O)CC3)c2n1.C=CC(=O)N[C@H]1CCOC[C@H]1Nc1ncc2cc(-c3c(Cl)c(OC)cc(OC)c3Cl)nc(N3CCC(C)(OC)CC3)c2n1. The van der Waals surface area contributed by atoms with Gasteiger partial charge < -0.3 is 104 Å². The molecule has 678 valence electrons. The molecule has 6 aromatic heterocycles. The van der Waals surface area contributed by atoms with Gasteiger partial charge in [-0.3, -0.25) is 14.4 Å². The van der Waals surface area contributed by atoms with Crippen LogP contribution in [0, 0.1) is 0 Å². The van der Waals surface area contributed by atoms with Crippen LogP contribution in [0.3, 0.4) is 0 Å². The van der Waals surface area contributed by atoms with Gasteiger partial charge in [-0.1, -0.05) is 89.3 Å². The maximum absolute atomic E-state index is 12.0. The molecule has 7 N–H and O–H groups in total. The number of nitrogens with one attached hydrogen (secondary N) is 6. The van der Waals surface area contributed by atoms with Crippen molar-refractivity contribution in [1.29, 1.82) is 0 Å². The molecule has 3 amide bonds. The van der Waals surface area contributed by atoms with Crippen molar-refractivity contribution in [1.82, 2.24) is 60.8 Å². The van der Waals surface area contributed by atoms with E-state index in [4.69, 9.17) is 152 Å². The third kappa shape index (κ3) is 21.7. The summed E-state index contributed by atoms with van der Waals surface area (Å²) in [5, 5.41) is 33.6. The van der Waals surface area contributed by atoms with E-state index in [-0.39, 0.29) is 71.8 Å². The number of halogens is 6. The summed E-state index contributed by atoms with van der Waals surface area (Å²) in [6.07, 6.45) is 13.6. The largest absolute Gasteiger partial charge is 0.495 e. The maximum atomic E-state index is 12.0. The first kappa shape index (κ1) is 94.5. The first-order valence-electron chi connectivity index (χ1n) is 41.4. The second-order valence-electron chi connectivity index (χ2n) is 31.8. The molecule has 12 heterocycles. The first-order chi connectivity index (χ1) is 61.0. The third-order valence-electron chi connectivity index (χ3n) is 23.2. The van der Waals surface area contributed by atoms with Crippen molar-refractivity contribution in [2.45, 2.75) is 132 Å². The molecule has 6 aliphatic heterocycles. The van der Waals surface area contributed by atoms with E-state index in [0.717, 1.165) is 23.6 Å². The fraction of sp³-hybridized carbons (Fsp3) is 0.455. The Kier molecular flexibility index (Phi) is 31.2. The van der Waals surface area contributed by atoms with Crippen LogP contribution in [0.15, 0.2) is 93.0 Å². The highest BCUT2D eigenvalue weighted by molar-refractivity contribution is 6.42. The number of pyridine rings is 3. The van der Waals surface area contributed by atoms with Crippen LogP contribution < -0.4 is 75.0 Å². The molecule has 8 atom stereocenters. The van der Waals surface area contributed by atoms with Gasteiger partial charge in [-0.15, -0.1) is 0 Å². The molecule has 0 aliphatic carbocycles. The standard InChI is InChI=1S/C30H36Cl2N6O5.2C29H34Cl2N6O5/c1-6-23(39)34-18-7-12-43-16-20(18)36-29-33-15-17-13-19(24-25(31)21(40-3)14-22(41-4)26(24)32)35-28(27(17)37-29)38-10-8-30(2,42-5)9-11-38;1-6-23(38)33-18-7-8-41-14-20(18)35-29-32-11-17-9-19(24-25(30)21(39-4)10-22(40-5)26(24)31)34-28(27(17)36-29)37-12-15(2)42-16(3)13-37;1-5-22(38)33-17-6-11-42-15-19(17)35-28-32-14-16-12-18(23-24(30)20(40-3)13-21(41-4)25(23)31)34-27(26(16)36-28)37-9-7-29(2,39)8-10-37/h6,13-15,18,20H,1,7-12,16H2,2-5H3,(H,34,39)(H,33,36,37);6,9-11,15-16,18,20H,1,7-8,12-14H2,2-5H3,(H,33,38)(H,32,35,36);5,12-14,17,19,39H,1,6-11,15H2,2-4H3,(H,33,38)(H,32,35,36)/t18-,20+;15?,16?,18-,20+;17-,19+/m000/s1. The summed E-state index contributed by atoms with van der Waals surface area (Å²) in [5.41, 5.74) is 3.93. The predicted molar refractivity (Wildman–Crippen MR) is 494 cm³/mol. The van der Waals surface area contributed by atoms with Crippen LogP contribution in [-0.2, 0) is 38.1 Å². The van der Waals surface area contributed by atoms with Crippen molar-refractivity contribution in [3.05, 3.63) is 123 Å². The number of hydrogen-bond acceptors (Lipinski definition) is 30. The second-order valence-corrected chi connectivity index (χ2v) is 34.1. The van der Waals surface area contributed by atoms with E-state index in [1.54, 1.807) is 43.9 Å². The van der Waals surface area contributed by atoms with Gasteiger partial charge in [0.15, 0.2) is 17.5 Å². The Morgan fingerprint density at radius 3 is 0.992 bits per heavy atom. The number of piperidine rings is 2. The minimum atomic E-state index is -0.760. The third-order valence-corrected chi connectivity index (χ3v) is 25.4. The van der Waals surface area contributed by atoms with E-state index in [1.165, 1.54) is 60.9 Å². The molecule has 127 heavy (non-hydrogen) atoms. The highest BCUT2D eigenvalue weighted by Gasteiger charge is 2.38. The van der Waals surface area contributed by atoms with Crippen molar-refractivity contribution in [2.24, 2.45) is 0 Å². The molecule has 0 saturated carbocycles. The van der Waals surface area contributed by atoms with Gasteiger partial charge in [-0.25, -0.2) is 44.9 Å². The molecule has 0 spiro atoms. The van der Waals surface area contributed by atoms with E-state index in [2.05, 4.69) is 88.2 Å². The second kappa shape index (κ2) is 42.0. The van der Waals surface area contributed by atoms with Crippen molar-refractivity contribution in [3.8, 4) is 68.3 Å². The van der Waals surface area contributed by atoms with Gasteiger partial charge in [0.05, 0.1) is 169 Å². The number of aromatic nitrogens is 9. The summed E-state index contributed by atoms with van der Waals surface area (Å²) >= 11 is 40.7. The number of ether oxygens (including phenoxy) is 11. The number of methoxy groups -OCH3 is 7. The lowest BCUT2D eigenvalue weighted by Crippen LogP contribution is -2.52. The zero-order valence-corrected chi connectivity index (χ0v) is 76.9. The lowest BCUT2D eigenvalue weighted by Gasteiger charge is -2.39. The Hall–Kier alpha value is -10.1. The number of benzene rings is 3. The molecule has 2 unspecified atom stereocenters. The zero-order valence-electron chi connectivity index (χ0n) is 72.4. The number of carbonyl (C=O) groups excluding carboxylic acids is 3. The Bertz CT molecular complexity index is 5460. The molecular weight excluding hydrogens is 1760 g/mol. The van der Waals surface area contributed by atoms with E-state index in [9.17, 15) is 19.5 Å². The summed E-state index contributed by atoms with van der Waals surface area (Å²) in [4.78, 5) is 86.2. The Morgan fingerprint density at radius 1 is 0.433 bits per heavy atom. The van der Waals surface area contributed by atoms with Gasteiger partial charge in [0, 0.05) is 136 Å². The number of nitrogens with zero attached hydrogens (tertiary/aromatic N) is 12. The fourth-order valence-electron chi connectivity index (χ4n) is 16.0. The van der Waals surface area contributed by atoms with Crippen LogP contribution in [-0.4, -0.2) is 256 Å². The van der Waals surface area contributed by atoms with Crippen LogP contribution in [0.5, 0.6) is 34.5 Å². The van der Waals surface area contributed by atoms with Crippen LogP contribution in [0.2, 0.25) is 30.1 Å². The van der Waals surface area contributed by atoms with Crippen LogP contribution >= 0.6 is 69.6 Å². The number of hydrogen-bond donors (Lipinski definition) is 7. The van der Waals surface area contributed by atoms with Crippen molar-refractivity contribution in [3.63, 3.8) is 0 Å². The smallest absolute Gasteiger partial charge is 0.243 e. The topological polar surface area (TPSA) is 371 Å². The summed E-state index contributed by atoms with van der Waals surface area (Å²) in [5.74, 6) is 4.79. The van der Waals surface area contributed by atoms with Gasteiger partial charge in [-0.2, -0.15) is 0 Å². The molecule has 6 fully saturated rings. The maximum Gasteiger partial charge on any atom is 0.243 e. The minimum absolute atomic E-state index is 0.0219. The average Bonchev–Trinajstić information content (AvgIpc) is 0.764. The van der Waals surface area contributed by atoms with Crippen LogP contribution in [0.4, 0.5) is 35.3 Å². The summed E-state index contributed by atoms with van der Waals surface area (Å²) in [7, 11) is 10.9. The summed E-state index contributed by atoms with van der Waals surface area (Å²) < 4.78 is 61.8. The molecule has 3 aromatic carbocycles. The van der Waals surface area contributed by atoms with E-state index >= 15 is 0 Å². The summed E-state index contributed by atoms with van der Waals surface area (Å²) in [6, 6.07) is 9.21. The van der Waals surface area contributed by atoms with Crippen molar-refractivity contribution >= 4 is 155 Å². The molecule has 15 rings (SSSR count). The number of anilines is 6. The summed E-state index contributed by atoms with van der Waals surface area (Å²) in [6.45, 7) is 25.2. The quantitative estimate of drug-likeness (QED) is 0.0261. The molecule has 9 aromatic rings. The number of amides is 3. The van der Waals surface area contributed by atoms with Gasteiger partial charge in [0.25, 0.3) is 0 Å². The Labute approximate surface area is 765 Å². The van der Waals surface area contributed by atoms with Gasteiger partial charge in [-0.05, 0) is 109 Å². The lowest BCUT2D eigenvalue weighted by molar-refractivity contribution is -0.118. The van der Waals surface area contributed by atoms with Gasteiger partial charge in [0.1, 0.15) is 51.0 Å². The van der Waals surface area contributed by atoms with E-state index < -0.39 is 5.60 Å². The molecule has 6 saturated heterocycles. The molecule has 0 bridgehead atoms. The van der Waals surface area contributed by atoms with E-state index in [0.29, 0.717) is 267 Å². The predicted octanol–water partition coefficient (Wildman–Crippen LogP) is 13.6. The normalized spacial score (nSPS) is 20.9. The number of morpholine rings is 1. The van der Waals surface area contributed by atoms with Crippen LogP contribution in [0.25, 0.3) is 66.5 Å². The molecular formula is C88H104Cl6N18O15. The minimum Gasteiger partial charge on any atom is -0.495 e. The average molecular weight is 1870 g/mol. The Morgan fingerprint density at radius 2 is 0.717 bits per heavy atom. The molecule has 39 heteroatoms. The van der Waals surface area contributed by atoms with Crippen LogP contribution in [0.1, 0.15) is 72.6 Å². The fourth-order valence-corrected chi connectivity index (χ4v) is 18.1. The number of fused-ring (bicyclic) bond motifs is 3. The number of rotatable bonds is 25. The Balaban J connectivity index is 0.000000163. The molecule has 33 nitrogen and oxygen atoms in total. The van der Waals surface area contributed by atoms with Gasteiger partial charge >= 0.3 is 0 Å². The monoisotopic (exact) mass is 1860 g/mol. The van der Waals surface area contributed by atoms with Crippen molar-refractivity contribution in [2.75, 3.05) is 159 Å². The number of aliphatic hydroxyl groups is 1. The molecule has 0 radical (unpaired) electrons. The first-order valence-corrected chi connectivity index (χ1v) is 43.7. The lowest BCUT2D eigenvalue weighted by atomic mass is 9.93. The van der Waals surface area contributed by atoms with E-state index in [1.807, 2.05) is 39.0 Å². The molecule has 6 aliphatic rings. The highest BCUT2D eigenvalue weighted by Crippen LogP contribution is 2.51. The highest BCUT2D eigenvalue weighted by atomic mass is 35.5. The van der Waals surface area contributed by atoms with Gasteiger partial charge in [0.2, 0.25) is 35.6 Å².